The summed E-state index contributed by atoms with van der Waals surface area (Å²) in [5.41, 5.74) is 8.52. The SMILES string of the molecule is CC(C)(C)c1ccc(-[n+]2[c-]n(-c3[c-]c(Oc4[c-]c5c(cc4)c4ccccc4n5-c4cc(C(C)(C)C)ccn4)cc(-c4ccccc4)c3)cc2)cc1.[Pt]. The molecule has 0 aliphatic heterocycles. The maximum absolute atomic E-state index is 6.63. The fraction of sp³-hybridized carbons (Fsp3) is 0.174. The van der Waals surface area contributed by atoms with Crippen LogP contribution in [0.5, 0.6) is 11.5 Å². The number of hydrogen-bond donors (Lipinski definition) is 0. The molecule has 0 fully saturated rings. The van der Waals surface area contributed by atoms with E-state index in [9.17, 15) is 0 Å². The van der Waals surface area contributed by atoms with Gasteiger partial charge < -0.3 is 13.9 Å². The standard InChI is InChI=1S/C46H40N4O.Pt/c1-45(2,3)34-16-18-36(19-17-34)48-24-25-49(31-48)37-26-33(32-12-8-7-9-13-32)27-39(29-37)51-38-20-21-41-40-14-10-11-15-42(40)50(43(41)30-38)44-28-35(22-23-47-44)46(4,5)6;/h7-28H,1-6H3;/q-2;. The van der Waals surface area contributed by atoms with Gasteiger partial charge in [-0.1, -0.05) is 108 Å². The second-order valence-corrected chi connectivity index (χ2v) is 15.1. The fourth-order valence-electron chi connectivity index (χ4n) is 6.52. The molecule has 0 bridgehead atoms. The van der Waals surface area contributed by atoms with Crippen molar-refractivity contribution in [3.63, 3.8) is 0 Å². The average Bonchev–Trinajstić information content (AvgIpc) is 3.75. The molecule has 0 amide bonds. The Morgan fingerprint density at radius 2 is 1.38 bits per heavy atom. The molecule has 3 heterocycles. The molecule has 52 heavy (non-hydrogen) atoms. The summed E-state index contributed by atoms with van der Waals surface area (Å²) in [7, 11) is 0. The monoisotopic (exact) mass is 859 g/mol. The Bertz CT molecular complexity index is 2520. The third-order valence-corrected chi connectivity index (χ3v) is 9.41. The zero-order valence-electron chi connectivity index (χ0n) is 30.2. The maximum atomic E-state index is 6.63. The molecule has 0 saturated heterocycles. The second kappa shape index (κ2) is 13.7. The summed E-state index contributed by atoms with van der Waals surface area (Å²) in [6, 6.07) is 47.1. The van der Waals surface area contributed by atoms with Gasteiger partial charge in [0.2, 0.25) is 0 Å². The quantitative estimate of drug-likeness (QED) is 0.123. The van der Waals surface area contributed by atoms with Crippen LogP contribution in [0, 0.1) is 18.5 Å². The maximum Gasteiger partial charge on any atom is 0.267 e. The zero-order chi connectivity index (χ0) is 35.3. The van der Waals surface area contributed by atoms with Crippen LogP contribution < -0.4 is 9.30 Å². The molecule has 0 atom stereocenters. The molecule has 0 saturated carbocycles. The first-order valence-corrected chi connectivity index (χ1v) is 17.4. The second-order valence-electron chi connectivity index (χ2n) is 15.1. The summed E-state index contributed by atoms with van der Waals surface area (Å²) in [6.07, 6.45) is 9.39. The van der Waals surface area contributed by atoms with Crippen LogP contribution in [-0.2, 0) is 31.9 Å². The zero-order valence-corrected chi connectivity index (χ0v) is 32.5. The molecule has 0 aliphatic carbocycles. The molecule has 0 aliphatic rings. The topological polar surface area (TPSA) is 35.9 Å². The number of aromatic nitrogens is 4. The van der Waals surface area contributed by atoms with Crippen molar-refractivity contribution in [2.24, 2.45) is 0 Å². The molecule has 0 radical (unpaired) electrons. The van der Waals surface area contributed by atoms with Crippen LogP contribution in [0.3, 0.4) is 0 Å². The van der Waals surface area contributed by atoms with Crippen molar-refractivity contribution in [3.8, 4) is 39.8 Å². The van der Waals surface area contributed by atoms with Crippen molar-refractivity contribution in [1.82, 2.24) is 14.1 Å². The summed E-state index contributed by atoms with van der Waals surface area (Å²) < 4.78 is 12.8. The first-order chi connectivity index (χ1) is 24.5. The smallest absolute Gasteiger partial charge is 0.267 e. The summed E-state index contributed by atoms with van der Waals surface area (Å²) >= 11 is 0. The Kier molecular flexibility index (Phi) is 9.27. The number of para-hydroxylation sites is 1. The number of benzene rings is 5. The molecule has 0 unspecified atom stereocenters. The Labute approximate surface area is 320 Å². The van der Waals surface area contributed by atoms with E-state index in [2.05, 4.69) is 149 Å². The van der Waals surface area contributed by atoms with Crippen molar-refractivity contribution in [2.75, 3.05) is 0 Å². The summed E-state index contributed by atoms with van der Waals surface area (Å²) in [5, 5.41) is 2.23. The molecule has 0 spiro atoms. The molecule has 262 valence electrons. The van der Waals surface area contributed by atoms with Crippen LogP contribution in [-0.4, -0.2) is 14.1 Å². The van der Waals surface area contributed by atoms with E-state index in [1.54, 1.807) is 0 Å². The summed E-state index contributed by atoms with van der Waals surface area (Å²) in [5.74, 6) is 2.03. The van der Waals surface area contributed by atoms with E-state index in [-0.39, 0.29) is 31.9 Å². The van der Waals surface area contributed by atoms with E-state index >= 15 is 0 Å². The summed E-state index contributed by atoms with van der Waals surface area (Å²) in [4.78, 5) is 4.83. The van der Waals surface area contributed by atoms with Crippen molar-refractivity contribution >= 4 is 21.8 Å². The largest absolute Gasteiger partial charge is 0.510 e. The number of fused-ring (bicyclic) bond motifs is 3. The van der Waals surface area contributed by atoms with Gasteiger partial charge in [0.15, 0.2) is 0 Å². The Morgan fingerprint density at radius 3 is 2.13 bits per heavy atom. The van der Waals surface area contributed by atoms with Gasteiger partial charge in [0.25, 0.3) is 6.33 Å². The molecule has 0 N–H and O–H groups in total. The van der Waals surface area contributed by atoms with Gasteiger partial charge in [-0.2, -0.15) is 12.1 Å². The third-order valence-electron chi connectivity index (χ3n) is 9.41. The molecule has 5 aromatic carbocycles. The minimum absolute atomic E-state index is 0. The van der Waals surface area contributed by atoms with E-state index in [0.29, 0.717) is 11.5 Å². The number of nitrogens with zero attached hydrogens (tertiary/aromatic N) is 4. The average molecular weight is 860 g/mol. The number of pyridine rings is 1. The van der Waals surface area contributed by atoms with Crippen LogP contribution in [0.1, 0.15) is 52.7 Å². The van der Waals surface area contributed by atoms with Crippen molar-refractivity contribution in [3.05, 3.63) is 163 Å². The first kappa shape index (κ1) is 35.2. The van der Waals surface area contributed by atoms with Gasteiger partial charge in [0.1, 0.15) is 5.82 Å². The van der Waals surface area contributed by atoms with Crippen LogP contribution >= 0.6 is 0 Å². The number of hydrogen-bond acceptors (Lipinski definition) is 2. The minimum atomic E-state index is -0.0148. The van der Waals surface area contributed by atoms with Gasteiger partial charge in [0, 0.05) is 56.7 Å². The van der Waals surface area contributed by atoms with Crippen molar-refractivity contribution in [1.29, 1.82) is 0 Å². The number of rotatable bonds is 6. The van der Waals surface area contributed by atoms with Gasteiger partial charge in [0.05, 0.1) is 5.69 Å². The van der Waals surface area contributed by atoms with E-state index in [4.69, 9.17) is 9.72 Å². The molecule has 8 aromatic rings. The fourth-order valence-corrected chi connectivity index (χ4v) is 6.52. The molecular weight excluding hydrogens is 820 g/mol. The van der Waals surface area contributed by atoms with E-state index in [1.165, 1.54) is 11.1 Å². The van der Waals surface area contributed by atoms with Gasteiger partial charge in [-0.05, 0) is 68.9 Å². The van der Waals surface area contributed by atoms with Gasteiger partial charge >= 0.3 is 0 Å². The van der Waals surface area contributed by atoms with Crippen molar-refractivity contribution in [2.45, 2.75) is 52.4 Å². The van der Waals surface area contributed by atoms with Crippen LogP contribution in [0.25, 0.3) is 50.1 Å². The van der Waals surface area contributed by atoms with Crippen LogP contribution in [0.2, 0.25) is 0 Å². The van der Waals surface area contributed by atoms with Crippen LogP contribution in [0.4, 0.5) is 0 Å². The Balaban J connectivity index is 0.00000420. The summed E-state index contributed by atoms with van der Waals surface area (Å²) in [6.45, 7) is 13.3. The predicted molar refractivity (Wildman–Crippen MR) is 205 cm³/mol. The van der Waals surface area contributed by atoms with E-state index in [0.717, 1.165) is 50.1 Å². The molecule has 6 heteroatoms. The van der Waals surface area contributed by atoms with Gasteiger partial charge in [-0.15, -0.1) is 35.2 Å². The van der Waals surface area contributed by atoms with Crippen molar-refractivity contribution < 1.29 is 30.4 Å². The Hall–Kier alpha value is -5.25. The first-order valence-electron chi connectivity index (χ1n) is 17.4. The van der Waals surface area contributed by atoms with Gasteiger partial charge in [-0.25, -0.2) is 4.98 Å². The molecule has 3 aromatic heterocycles. The Morgan fingerprint density at radius 1 is 0.654 bits per heavy atom. The molecular formula is C46H40N4OPt-2. The molecule has 8 rings (SSSR count). The van der Waals surface area contributed by atoms with Gasteiger partial charge in [-0.3, -0.25) is 4.57 Å². The normalized spacial score (nSPS) is 11.9. The van der Waals surface area contributed by atoms with E-state index in [1.807, 2.05) is 58.1 Å². The minimum Gasteiger partial charge on any atom is -0.510 e. The number of ether oxygens (including phenoxy) is 1. The van der Waals surface area contributed by atoms with Crippen LogP contribution in [0.15, 0.2) is 134 Å². The number of imidazole rings is 1. The predicted octanol–water partition coefficient (Wildman–Crippen LogP) is 10.7. The third kappa shape index (κ3) is 6.86. The van der Waals surface area contributed by atoms with E-state index < -0.39 is 0 Å². The molecule has 5 nitrogen and oxygen atoms in total.